The minimum absolute atomic E-state index is 0.131. The van der Waals surface area contributed by atoms with Gasteiger partial charge < -0.3 is 19.6 Å². The van der Waals surface area contributed by atoms with Crippen LogP contribution in [0.1, 0.15) is 26.3 Å². The summed E-state index contributed by atoms with van der Waals surface area (Å²) in [6, 6.07) is 17.8. The normalized spacial score (nSPS) is 13.7. The second-order valence-corrected chi connectivity index (χ2v) is 7.40. The third kappa shape index (κ3) is 4.66. The summed E-state index contributed by atoms with van der Waals surface area (Å²) in [5, 5.41) is 9.02. The monoisotopic (exact) mass is 417 g/mol. The van der Waals surface area contributed by atoms with Crippen LogP contribution in [-0.2, 0) is 0 Å². The highest BCUT2D eigenvalue weighted by molar-refractivity contribution is 5.96. The van der Waals surface area contributed by atoms with Crippen LogP contribution < -0.4 is 9.64 Å². The molecule has 7 nitrogen and oxygen atoms in total. The number of amides is 1. The molecule has 0 bridgehead atoms. The van der Waals surface area contributed by atoms with Gasteiger partial charge in [0.2, 0.25) is 5.88 Å². The molecule has 1 N–H and O–H groups in total. The van der Waals surface area contributed by atoms with Gasteiger partial charge in [-0.25, -0.2) is 9.78 Å². The molecule has 1 amide bonds. The number of carbonyl (C=O) groups excluding carboxylic acids is 1. The summed E-state index contributed by atoms with van der Waals surface area (Å²) in [5.41, 5.74) is 2.93. The molecule has 1 fully saturated rings. The molecule has 1 saturated heterocycles. The van der Waals surface area contributed by atoms with Crippen LogP contribution in [0, 0.1) is 6.92 Å². The number of benzene rings is 2. The number of carbonyl (C=O) groups is 2. The number of hydrogen-bond donors (Lipinski definition) is 1. The van der Waals surface area contributed by atoms with Crippen molar-refractivity contribution in [2.24, 2.45) is 0 Å². The Balaban J connectivity index is 1.44. The fourth-order valence-corrected chi connectivity index (χ4v) is 3.51. The molecule has 1 aromatic heterocycles. The van der Waals surface area contributed by atoms with E-state index in [-0.39, 0.29) is 17.4 Å². The summed E-state index contributed by atoms with van der Waals surface area (Å²) in [6.45, 7) is 4.78. The molecule has 7 heteroatoms. The zero-order valence-electron chi connectivity index (χ0n) is 17.2. The topological polar surface area (TPSA) is 83.0 Å². The second kappa shape index (κ2) is 8.87. The van der Waals surface area contributed by atoms with Crippen molar-refractivity contribution < 1.29 is 19.4 Å². The van der Waals surface area contributed by atoms with Crippen molar-refractivity contribution >= 4 is 17.6 Å². The molecule has 1 aliphatic rings. The number of rotatable bonds is 5. The Hall–Kier alpha value is -3.87. The average molecular weight is 417 g/mol. The van der Waals surface area contributed by atoms with Crippen molar-refractivity contribution in [2.45, 2.75) is 6.92 Å². The van der Waals surface area contributed by atoms with Crippen LogP contribution in [0.15, 0.2) is 66.9 Å². The van der Waals surface area contributed by atoms with Crippen molar-refractivity contribution in [1.29, 1.82) is 0 Å². The van der Waals surface area contributed by atoms with E-state index in [0.717, 1.165) is 18.8 Å². The first kappa shape index (κ1) is 20.4. The number of nitrogens with zero attached hydrogens (tertiary/aromatic N) is 3. The van der Waals surface area contributed by atoms with Crippen molar-refractivity contribution in [3.05, 3.63) is 83.6 Å². The van der Waals surface area contributed by atoms with E-state index in [4.69, 9.17) is 9.84 Å². The molecule has 0 atom stereocenters. The van der Waals surface area contributed by atoms with Crippen LogP contribution in [0.2, 0.25) is 0 Å². The van der Waals surface area contributed by atoms with Crippen LogP contribution in [0.4, 0.5) is 5.69 Å². The number of aryl methyl sites for hydroxylation is 1. The van der Waals surface area contributed by atoms with E-state index in [1.54, 1.807) is 30.5 Å². The van der Waals surface area contributed by atoms with Gasteiger partial charge in [-0.05, 0) is 55.5 Å². The molecule has 0 aliphatic carbocycles. The molecule has 2 aromatic carbocycles. The molecular formula is C24H23N3O4. The molecule has 0 spiro atoms. The lowest BCUT2D eigenvalue weighted by Gasteiger charge is -2.36. The zero-order valence-corrected chi connectivity index (χ0v) is 17.2. The first-order valence-electron chi connectivity index (χ1n) is 10.1. The van der Waals surface area contributed by atoms with Gasteiger partial charge in [0.05, 0.1) is 5.56 Å². The van der Waals surface area contributed by atoms with E-state index >= 15 is 0 Å². The Morgan fingerprint density at radius 3 is 2.26 bits per heavy atom. The van der Waals surface area contributed by atoms with E-state index < -0.39 is 5.97 Å². The summed E-state index contributed by atoms with van der Waals surface area (Å²) < 4.78 is 5.80. The number of anilines is 1. The predicted molar refractivity (Wildman–Crippen MR) is 117 cm³/mol. The minimum atomic E-state index is -1.01. The van der Waals surface area contributed by atoms with E-state index in [0.29, 0.717) is 24.4 Å². The molecular weight excluding hydrogens is 394 g/mol. The molecule has 0 radical (unpaired) electrons. The second-order valence-electron chi connectivity index (χ2n) is 7.40. The maximum atomic E-state index is 13.2. The van der Waals surface area contributed by atoms with E-state index in [1.165, 1.54) is 17.7 Å². The summed E-state index contributed by atoms with van der Waals surface area (Å²) in [4.78, 5) is 32.5. The number of piperazine rings is 1. The first-order valence-corrected chi connectivity index (χ1v) is 10.1. The molecule has 3 aromatic rings. The van der Waals surface area contributed by atoms with Gasteiger partial charge in [0.15, 0.2) is 0 Å². The highest BCUT2D eigenvalue weighted by Crippen LogP contribution is 2.25. The molecule has 4 rings (SSSR count). The fraction of sp³-hybridized carbons (Fsp3) is 0.208. The van der Waals surface area contributed by atoms with Gasteiger partial charge in [-0.3, -0.25) is 4.79 Å². The SMILES string of the molecule is Cc1ccc(N2CCN(C(=O)c3cccnc3Oc3ccc(C(=O)O)cc3)CC2)cc1. The third-order valence-corrected chi connectivity index (χ3v) is 5.28. The van der Waals surface area contributed by atoms with Gasteiger partial charge in [0, 0.05) is 38.1 Å². The largest absolute Gasteiger partial charge is 0.478 e. The number of ether oxygens (including phenoxy) is 1. The summed E-state index contributed by atoms with van der Waals surface area (Å²) in [6.07, 6.45) is 1.56. The molecule has 2 heterocycles. The van der Waals surface area contributed by atoms with Gasteiger partial charge >= 0.3 is 5.97 Å². The Bertz CT molecular complexity index is 1070. The van der Waals surface area contributed by atoms with Crippen molar-refractivity contribution in [3.8, 4) is 11.6 Å². The van der Waals surface area contributed by atoms with Crippen LogP contribution in [-0.4, -0.2) is 53.0 Å². The fourth-order valence-electron chi connectivity index (χ4n) is 3.51. The summed E-state index contributed by atoms with van der Waals surface area (Å²) in [5.74, 6) is -0.516. The quantitative estimate of drug-likeness (QED) is 0.679. The van der Waals surface area contributed by atoms with Crippen LogP contribution >= 0.6 is 0 Å². The van der Waals surface area contributed by atoms with E-state index in [1.807, 2.05) is 4.90 Å². The van der Waals surface area contributed by atoms with Crippen LogP contribution in [0.3, 0.4) is 0 Å². The number of carboxylic acid groups (broad SMARTS) is 1. The molecule has 31 heavy (non-hydrogen) atoms. The molecule has 0 unspecified atom stereocenters. The lowest BCUT2D eigenvalue weighted by atomic mass is 10.1. The minimum Gasteiger partial charge on any atom is -0.478 e. The highest BCUT2D eigenvalue weighted by atomic mass is 16.5. The summed E-state index contributed by atoms with van der Waals surface area (Å²) >= 11 is 0. The smallest absolute Gasteiger partial charge is 0.335 e. The van der Waals surface area contributed by atoms with E-state index in [2.05, 4.69) is 41.1 Å². The van der Waals surface area contributed by atoms with Gasteiger partial charge in [-0.2, -0.15) is 0 Å². The predicted octanol–water partition coefficient (Wildman–Crippen LogP) is 3.84. The number of pyridine rings is 1. The Kier molecular flexibility index (Phi) is 5.84. The number of aromatic nitrogens is 1. The molecule has 1 aliphatic heterocycles. The average Bonchev–Trinajstić information content (AvgIpc) is 2.80. The van der Waals surface area contributed by atoms with Crippen molar-refractivity contribution in [3.63, 3.8) is 0 Å². The van der Waals surface area contributed by atoms with Gasteiger partial charge in [0.25, 0.3) is 5.91 Å². The molecule has 158 valence electrons. The maximum absolute atomic E-state index is 13.2. The zero-order chi connectivity index (χ0) is 21.8. The summed E-state index contributed by atoms with van der Waals surface area (Å²) in [7, 11) is 0. The van der Waals surface area contributed by atoms with Crippen LogP contribution in [0.5, 0.6) is 11.6 Å². The van der Waals surface area contributed by atoms with Crippen molar-refractivity contribution in [2.75, 3.05) is 31.1 Å². The van der Waals surface area contributed by atoms with Crippen molar-refractivity contribution in [1.82, 2.24) is 9.88 Å². The Labute approximate surface area is 180 Å². The standard InChI is InChI=1S/C24H23N3O4/c1-17-4-8-19(9-5-17)26-13-15-27(16-14-26)23(28)21-3-2-12-25-22(21)31-20-10-6-18(7-11-20)24(29)30/h2-12H,13-16H2,1H3,(H,29,30). The van der Waals surface area contributed by atoms with Gasteiger partial charge in [-0.1, -0.05) is 17.7 Å². The Morgan fingerprint density at radius 2 is 1.61 bits per heavy atom. The lowest BCUT2D eigenvalue weighted by Crippen LogP contribution is -2.48. The number of hydrogen-bond acceptors (Lipinski definition) is 5. The highest BCUT2D eigenvalue weighted by Gasteiger charge is 2.25. The Morgan fingerprint density at radius 1 is 0.935 bits per heavy atom. The van der Waals surface area contributed by atoms with Gasteiger partial charge in [0.1, 0.15) is 11.3 Å². The van der Waals surface area contributed by atoms with E-state index in [9.17, 15) is 9.59 Å². The van der Waals surface area contributed by atoms with Crippen LogP contribution in [0.25, 0.3) is 0 Å². The molecule has 0 saturated carbocycles. The van der Waals surface area contributed by atoms with Gasteiger partial charge in [-0.15, -0.1) is 0 Å². The first-order chi connectivity index (χ1) is 15.0. The maximum Gasteiger partial charge on any atom is 0.335 e. The third-order valence-electron chi connectivity index (χ3n) is 5.28. The lowest BCUT2D eigenvalue weighted by molar-refractivity contribution is 0.0695. The number of aromatic carboxylic acids is 1. The number of carboxylic acids is 1.